The van der Waals surface area contributed by atoms with Gasteiger partial charge in [0.1, 0.15) is 0 Å². The highest BCUT2D eigenvalue weighted by molar-refractivity contribution is 5.75. The fourth-order valence-corrected chi connectivity index (χ4v) is 1.10. The first-order chi connectivity index (χ1) is 6.70. The number of rotatable bonds is 4. The van der Waals surface area contributed by atoms with Crippen LogP contribution in [-0.4, -0.2) is 33.2 Å². The quantitative estimate of drug-likeness (QED) is 0.685. The zero-order valence-electron chi connectivity index (χ0n) is 8.17. The third kappa shape index (κ3) is 2.08. The molecule has 0 aliphatic rings. The highest BCUT2D eigenvalue weighted by atomic mass is 16.5. The number of nitrogens with zero attached hydrogens (tertiary/aromatic N) is 3. The van der Waals surface area contributed by atoms with Crippen molar-refractivity contribution in [2.45, 2.75) is 26.0 Å². The second-order valence-corrected chi connectivity index (χ2v) is 2.81. The van der Waals surface area contributed by atoms with Crippen molar-refractivity contribution >= 4 is 5.97 Å². The molecule has 0 fully saturated rings. The number of hydrogen-bond donors (Lipinski definition) is 1. The number of carbonyl (C=O) groups excluding carboxylic acids is 1. The predicted octanol–water partition coefficient (Wildman–Crippen LogP) is -0.106. The van der Waals surface area contributed by atoms with E-state index in [1.54, 1.807) is 0 Å². The number of aryl methyl sites for hydroxylation is 1. The number of carbonyl (C=O) groups is 1. The summed E-state index contributed by atoms with van der Waals surface area (Å²) in [5, 5.41) is 16.9. The summed E-state index contributed by atoms with van der Waals surface area (Å²) in [7, 11) is 1.22. The van der Waals surface area contributed by atoms with E-state index in [2.05, 4.69) is 15.0 Å². The van der Waals surface area contributed by atoms with Crippen LogP contribution in [0.3, 0.4) is 0 Å². The number of esters is 1. The van der Waals surface area contributed by atoms with Gasteiger partial charge in [0.25, 0.3) is 0 Å². The molecule has 0 spiro atoms. The predicted molar refractivity (Wildman–Crippen MR) is 47.3 cm³/mol. The van der Waals surface area contributed by atoms with Gasteiger partial charge in [-0.2, -0.15) is 0 Å². The Bertz CT molecular complexity index is 311. The van der Waals surface area contributed by atoms with Crippen molar-refractivity contribution in [1.29, 1.82) is 0 Å². The lowest BCUT2D eigenvalue weighted by Gasteiger charge is -2.09. The molecule has 0 radical (unpaired) electrons. The Morgan fingerprint density at radius 2 is 2.50 bits per heavy atom. The second-order valence-electron chi connectivity index (χ2n) is 2.81. The first kappa shape index (κ1) is 10.6. The summed E-state index contributed by atoms with van der Waals surface area (Å²) < 4.78 is 5.90. The van der Waals surface area contributed by atoms with Gasteiger partial charge in [-0.3, -0.25) is 0 Å². The summed E-state index contributed by atoms with van der Waals surface area (Å²) in [6.45, 7) is 2.58. The van der Waals surface area contributed by atoms with Crippen molar-refractivity contribution in [3.63, 3.8) is 0 Å². The molecule has 0 saturated carbocycles. The number of ether oxygens (including phenoxy) is 1. The molecule has 1 rings (SSSR count). The highest BCUT2D eigenvalue weighted by Gasteiger charge is 2.22. The number of aromatic nitrogens is 3. The Morgan fingerprint density at radius 3 is 3.07 bits per heavy atom. The molecule has 1 aromatic heterocycles. The van der Waals surface area contributed by atoms with Gasteiger partial charge in [-0.15, -0.1) is 5.10 Å². The third-order valence-corrected chi connectivity index (χ3v) is 1.79. The molecule has 0 bridgehead atoms. The Kier molecular flexibility index (Phi) is 3.58. The Morgan fingerprint density at radius 1 is 1.79 bits per heavy atom. The smallest absolute Gasteiger partial charge is 0.341 e. The van der Waals surface area contributed by atoms with Gasteiger partial charge >= 0.3 is 5.97 Å². The molecule has 1 unspecified atom stereocenters. The Labute approximate surface area is 81.5 Å². The van der Waals surface area contributed by atoms with E-state index in [4.69, 9.17) is 0 Å². The van der Waals surface area contributed by atoms with Gasteiger partial charge in [-0.1, -0.05) is 12.1 Å². The van der Waals surface area contributed by atoms with E-state index in [-0.39, 0.29) is 0 Å². The van der Waals surface area contributed by atoms with Crippen molar-refractivity contribution in [3.05, 3.63) is 11.9 Å². The standard InChI is InChI=1S/C8H13N3O3/c1-3-4-11-6(5-9-10-11)7(12)8(13)14-2/h5,7,12H,3-4H2,1-2H3. The fraction of sp³-hybridized carbons (Fsp3) is 0.625. The van der Waals surface area contributed by atoms with Crippen LogP contribution in [0.5, 0.6) is 0 Å². The van der Waals surface area contributed by atoms with Crippen molar-refractivity contribution in [2.24, 2.45) is 0 Å². The number of hydrogen-bond acceptors (Lipinski definition) is 5. The summed E-state index contributed by atoms with van der Waals surface area (Å²) in [5.41, 5.74) is 0.360. The molecule has 0 aromatic carbocycles. The van der Waals surface area contributed by atoms with Crippen molar-refractivity contribution in [3.8, 4) is 0 Å². The number of methoxy groups -OCH3 is 1. The number of aliphatic hydroxyl groups is 1. The van der Waals surface area contributed by atoms with Crippen LogP contribution >= 0.6 is 0 Å². The molecular formula is C8H13N3O3. The monoisotopic (exact) mass is 199 g/mol. The van der Waals surface area contributed by atoms with Crippen LogP contribution in [0.15, 0.2) is 6.20 Å². The van der Waals surface area contributed by atoms with Gasteiger partial charge in [0, 0.05) is 6.54 Å². The molecule has 78 valence electrons. The molecule has 0 aliphatic heterocycles. The maximum atomic E-state index is 11.0. The zero-order valence-corrected chi connectivity index (χ0v) is 8.17. The molecule has 14 heavy (non-hydrogen) atoms. The summed E-state index contributed by atoms with van der Waals surface area (Å²) in [6.07, 6.45) is 0.906. The van der Waals surface area contributed by atoms with E-state index < -0.39 is 12.1 Å². The van der Waals surface area contributed by atoms with Crippen LogP contribution in [0.1, 0.15) is 25.1 Å². The lowest BCUT2D eigenvalue weighted by Crippen LogP contribution is -2.18. The lowest BCUT2D eigenvalue weighted by molar-refractivity contribution is -0.151. The molecule has 1 heterocycles. The minimum absolute atomic E-state index is 0.360. The molecule has 1 N–H and O–H groups in total. The van der Waals surface area contributed by atoms with Crippen molar-refractivity contribution < 1.29 is 14.6 Å². The van der Waals surface area contributed by atoms with Gasteiger partial charge in [-0.25, -0.2) is 9.48 Å². The topological polar surface area (TPSA) is 77.2 Å². The van der Waals surface area contributed by atoms with Gasteiger partial charge in [0.2, 0.25) is 0 Å². The van der Waals surface area contributed by atoms with E-state index in [1.165, 1.54) is 18.0 Å². The van der Waals surface area contributed by atoms with Crippen LogP contribution < -0.4 is 0 Å². The molecule has 0 saturated heterocycles. The van der Waals surface area contributed by atoms with Gasteiger partial charge in [-0.05, 0) is 6.42 Å². The minimum atomic E-state index is -1.30. The molecule has 0 aliphatic carbocycles. The molecular weight excluding hydrogens is 186 g/mol. The maximum absolute atomic E-state index is 11.0. The van der Waals surface area contributed by atoms with Crippen molar-refractivity contribution in [2.75, 3.05) is 7.11 Å². The second kappa shape index (κ2) is 4.71. The molecule has 1 aromatic rings. The summed E-state index contributed by atoms with van der Waals surface area (Å²) in [6, 6.07) is 0. The minimum Gasteiger partial charge on any atom is -0.467 e. The Balaban J connectivity index is 2.83. The maximum Gasteiger partial charge on any atom is 0.341 e. The van der Waals surface area contributed by atoms with Crippen LogP contribution in [0, 0.1) is 0 Å². The fourth-order valence-electron chi connectivity index (χ4n) is 1.10. The van der Waals surface area contributed by atoms with Crippen LogP contribution in [0.4, 0.5) is 0 Å². The SMILES string of the molecule is CCCn1nncc1C(O)C(=O)OC. The van der Waals surface area contributed by atoms with Crippen molar-refractivity contribution in [1.82, 2.24) is 15.0 Å². The Hall–Kier alpha value is -1.43. The van der Waals surface area contributed by atoms with Crippen LogP contribution in [0.2, 0.25) is 0 Å². The first-order valence-electron chi connectivity index (χ1n) is 4.35. The molecule has 6 heteroatoms. The van der Waals surface area contributed by atoms with E-state index in [1.807, 2.05) is 6.92 Å². The van der Waals surface area contributed by atoms with E-state index in [9.17, 15) is 9.90 Å². The van der Waals surface area contributed by atoms with Crippen LogP contribution in [0.25, 0.3) is 0 Å². The normalized spacial score (nSPS) is 12.5. The zero-order chi connectivity index (χ0) is 10.6. The van der Waals surface area contributed by atoms with Crippen LogP contribution in [-0.2, 0) is 16.1 Å². The summed E-state index contributed by atoms with van der Waals surface area (Å²) >= 11 is 0. The largest absolute Gasteiger partial charge is 0.467 e. The lowest BCUT2D eigenvalue weighted by atomic mass is 10.2. The highest BCUT2D eigenvalue weighted by Crippen LogP contribution is 2.12. The summed E-state index contributed by atoms with van der Waals surface area (Å²) in [4.78, 5) is 11.0. The molecule has 6 nitrogen and oxygen atoms in total. The third-order valence-electron chi connectivity index (χ3n) is 1.79. The van der Waals surface area contributed by atoms with Gasteiger partial charge < -0.3 is 9.84 Å². The average Bonchev–Trinajstić information content (AvgIpc) is 2.64. The van der Waals surface area contributed by atoms with E-state index >= 15 is 0 Å². The molecule has 0 amide bonds. The average molecular weight is 199 g/mol. The summed E-state index contributed by atoms with van der Waals surface area (Å²) in [5.74, 6) is -0.704. The molecule has 1 atom stereocenters. The van der Waals surface area contributed by atoms with Gasteiger partial charge in [0.05, 0.1) is 19.0 Å². The number of aliphatic hydroxyl groups excluding tert-OH is 1. The first-order valence-corrected chi connectivity index (χ1v) is 4.35. The van der Waals surface area contributed by atoms with Gasteiger partial charge in [0.15, 0.2) is 6.10 Å². The van der Waals surface area contributed by atoms with E-state index in [0.717, 1.165) is 6.42 Å². The van der Waals surface area contributed by atoms with E-state index in [0.29, 0.717) is 12.2 Å².